The summed E-state index contributed by atoms with van der Waals surface area (Å²) in [5.41, 5.74) is 2.21. The molecule has 1 atom stereocenters. The molecule has 178 valence electrons. The summed E-state index contributed by atoms with van der Waals surface area (Å²) >= 11 is 0. The first kappa shape index (κ1) is 24.9. The number of sulfonamides is 1. The lowest BCUT2D eigenvalue weighted by molar-refractivity contribution is -0.121. The summed E-state index contributed by atoms with van der Waals surface area (Å²) in [6.45, 7) is 2.99. The van der Waals surface area contributed by atoms with E-state index in [1.54, 1.807) is 18.2 Å². The van der Waals surface area contributed by atoms with Crippen LogP contribution in [0.1, 0.15) is 43.7 Å². The lowest BCUT2D eigenvalue weighted by Gasteiger charge is -2.13. The molecule has 1 aromatic heterocycles. The van der Waals surface area contributed by atoms with Crippen molar-refractivity contribution in [2.75, 3.05) is 20.6 Å². The van der Waals surface area contributed by atoms with Crippen molar-refractivity contribution in [1.29, 1.82) is 0 Å². The van der Waals surface area contributed by atoms with Crippen molar-refractivity contribution >= 4 is 27.0 Å². The maximum Gasteiger partial charge on any atom is 0.242 e. The molecule has 3 rings (SSSR count). The predicted octanol–water partition coefficient (Wildman–Crippen LogP) is 2.87. The zero-order valence-corrected chi connectivity index (χ0v) is 20.2. The van der Waals surface area contributed by atoms with E-state index in [4.69, 9.17) is 0 Å². The molecule has 0 fully saturated rings. The van der Waals surface area contributed by atoms with Crippen molar-refractivity contribution in [3.63, 3.8) is 0 Å². The number of nitrogens with one attached hydrogen (secondary N) is 1. The molecule has 0 bridgehead atoms. The predicted molar refractivity (Wildman–Crippen MR) is 128 cm³/mol. The van der Waals surface area contributed by atoms with E-state index in [2.05, 4.69) is 21.8 Å². The Morgan fingerprint density at radius 3 is 2.58 bits per heavy atom. The van der Waals surface area contributed by atoms with Gasteiger partial charge in [-0.05, 0) is 30.2 Å². The Labute approximate surface area is 195 Å². The highest BCUT2D eigenvalue weighted by Gasteiger charge is 2.20. The quantitative estimate of drug-likeness (QED) is 0.447. The van der Waals surface area contributed by atoms with E-state index in [9.17, 15) is 18.3 Å². The number of benzene rings is 2. The van der Waals surface area contributed by atoms with Crippen LogP contribution in [0.4, 0.5) is 0 Å². The SMILES string of the molecule is CCCCn1c(CCC(=O)NCC(O)c2ccccc2)nc2cc(S(=O)(=O)N(C)C)ccc21. The third-order valence-corrected chi connectivity index (χ3v) is 7.38. The van der Waals surface area contributed by atoms with Gasteiger partial charge in [0.15, 0.2) is 0 Å². The summed E-state index contributed by atoms with van der Waals surface area (Å²) in [6.07, 6.45) is 1.83. The largest absolute Gasteiger partial charge is 0.387 e. The molecular weight excluding hydrogens is 440 g/mol. The zero-order chi connectivity index (χ0) is 24.0. The van der Waals surface area contributed by atoms with E-state index in [0.29, 0.717) is 11.9 Å². The average molecular weight is 473 g/mol. The van der Waals surface area contributed by atoms with Crippen molar-refractivity contribution in [3.8, 4) is 0 Å². The van der Waals surface area contributed by atoms with E-state index in [0.717, 1.165) is 36.3 Å². The molecule has 3 aromatic rings. The van der Waals surface area contributed by atoms with E-state index in [1.165, 1.54) is 18.4 Å². The Kier molecular flexibility index (Phi) is 8.23. The molecule has 0 aliphatic rings. The van der Waals surface area contributed by atoms with Gasteiger partial charge < -0.3 is 15.0 Å². The molecular formula is C24H32N4O4S. The lowest BCUT2D eigenvalue weighted by atomic mass is 10.1. The summed E-state index contributed by atoms with van der Waals surface area (Å²) in [5.74, 6) is 0.576. The van der Waals surface area contributed by atoms with Crippen LogP contribution in [0.2, 0.25) is 0 Å². The zero-order valence-electron chi connectivity index (χ0n) is 19.4. The monoisotopic (exact) mass is 472 g/mol. The van der Waals surface area contributed by atoms with Crippen LogP contribution in [0.3, 0.4) is 0 Å². The van der Waals surface area contributed by atoms with Gasteiger partial charge in [0, 0.05) is 40.0 Å². The van der Waals surface area contributed by atoms with Crippen LogP contribution >= 0.6 is 0 Å². The van der Waals surface area contributed by atoms with Crippen molar-refractivity contribution in [3.05, 3.63) is 59.9 Å². The van der Waals surface area contributed by atoms with Crippen molar-refractivity contribution in [2.45, 2.75) is 50.2 Å². The summed E-state index contributed by atoms with van der Waals surface area (Å²) in [4.78, 5) is 17.3. The molecule has 0 saturated carbocycles. The molecule has 9 heteroatoms. The van der Waals surface area contributed by atoms with Crippen LogP contribution in [0.5, 0.6) is 0 Å². The Morgan fingerprint density at radius 1 is 1.18 bits per heavy atom. The minimum Gasteiger partial charge on any atom is -0.387 e. The number of hydrogen-bond donors (Lipinski definition) is 2. The molecule has 0 aliphatic heterocycles. The fraction of sp³-hybridized carbons (Fsp3) is 0.417. The second kappa shape index (κ2) is 10.9. The molecule has 8 nitrogen and oxygen atoms in total. The molecule has 0 radical (unpaired) electrons. The van der Waals surface area contributed by atoms with Crippen LogP contribution < -0.4 is 5.32 Å². The van der Waals surface area contributed by atoms with Gasteiger partial charge in [0.2, 0.25) is 15.9 Å². The second-order valence-electron chi connectivity index (χ2n) is 8.20. The number of rotatable bonds is 11. The van der Waals surface area contributed by atoms with Crippen LogP contribution in [0.25, 0.3) is 11.0 Å². The number of nitrogens with zero attached hydrogens (tertiary/aromatic N) is 3. The third-order valence-electron chi connectivity index (χ3n) is 5.57. The molecule has 0 saturated heterocycles. The Hall–Kier alpha value is -2.75. The van der Waals surface area contributed by atoms with E-state index in [1.807, 2.05) is 30.3 Å². The summed E-state index contributed by atoms with van der Waals surface area (Å²) in [6, 6.07) is 14.2. The Bertz CT molecular complexity index is 1190. The van der Waals surface area contributed by atoms with Crippen LogP contribution in [-0.2, 0) is 27.8 Å². The lowest BCUT2D eigenvalue weighted by Crippen LogP contribution is -2.28. The smallest absolute Gasteiger partial charge is 0.242 e. The number of amides is 1. The highest BCUT2D eigenvalue weighted by atomic mass is 32.2. The van der Waals surface area contributed by atoms with Gasteiger partial charge in [0.05, 0.1) is 22.0 Å². The maximum absolute atomic E-state index is 12.5. The topological polar surface area (TPSA) is 105 Å². The highest BCUT2D eigenvalue weighted by molar-refractivity contribution is 7.89. The molecule has 33 heavy (non-hydrogen) atoms. The standard InChI is InChI=1S/C24H32N4O4S/c1-4-5-15-28-21-12-11-19(33(31,32)27(2)3)16-20(21)26-23(28)13-14-24(30)25-17-22(29)18-9-7-6-8-10-18/h6-12,16,22,29H,4-5,13-15,17H2,1-3H3,(H,25,30). The number of fused-ring (bicyclic) bond motifs is 1. The number of unbranched alkanes of at least 4 members (excludes halogenated alkanes) is 1. The summed E-state index contributed by atoms with van der Waals surface area (Å²) < 4.78 is 28.2. The molecule has 1 heterocycles. The van der Waals surface area contributed by atoms with Gasteiger partial charge in [-0.15, -0.1) is 0 Å². The van der Waals surface area contributed by atoms with Gasteiger partial charge in [0.25, 0.3) is 0 Å². The van der Waals surface area contributed by atoms with Gasteiger partial charge in [-0.25, -0.2) is 17.7 Å². The molecule has 0 spiro atoms. The number of hydrogen-bond acceptors (Lipinski definition) is 5. The number of carbonyl (C=O) groups is 1. The fourth-order valence-corrected chi connectivity index (χ4v) is 4.53. The van der Waals surface area contributed by atoms with Gasteiger partial charge in [0.1, 0.15) is 5.82 Å². The van der Waals surface area contributed by atoms with Crippen LogP contribution in [-0.4, -0.2) is 53.9 Å². The first-order valence-electron chi connectivity index (χ1n) is 11.2. The van der Waals surface area contributed by atoms with Crippen molar-refractivity contribution in [1.82, 2.24) is 19.2 Å². The molecule has 2 aromatic carbocycles. The minimum absolute atomic E-state index is 0.140. The number of aryl methyl sites for hydroxylation is 2. The van der Waals surface area contributed by atoms with Crippen molar-refractivity contribution in [2.24, 2.45) is 0 Å². The Balaban J connectivity index is 1.73. The van der Waals surface area contributed by atoms with Crippen LogP contribution in [0, 0.1) is 0 Å². The first-order valence-corrected chi connectivity index (χ1v) is 12.6. The molecule has 2 N–H and O–H groups in total. The average Bonchev–Trinajstić information content (AvgIpc) is 3.16. The second-order valence-corrected chi connectivity index (χ2v) is 10.4. The number of carbonyl (C=O) groups excluding carboxylic acids is 1. The molecule has 1 unspecified atom stereocenters. The fourth-order valence-electron chi connectivity index (χ4n) is 3.60. The normalized spacial score (nSPS) is 12.9. The maximum atomic E-state index is 12.5. The van der Waals surface area contributed by atoms with E-state index in [-0.39, 0.29) is 23.8 Å². The number of imidazole rings is 1. The van der Waals surface area contributed by atoms with Gasteiger partial charge >= 0.3 is 0 Å². The molecule has 0 aliphatic carbocycles. The van der Waals surface area contributed by atoms with Gasteiger partial charge in [-0.1, -0.05) is 43.7 Å². The first-order chi connectivity index (χ1) is 15.7. The minimum atomic E-state index is -3.56. The summed E-state index contributed by atoms with van der Waals surface area (Å²) in [7, 11) is -0.560. The number of aliphatic hydroxyl groups excluding tert-OH is 1. The highest BCUT2D eigenvalue weighted by Crippen LogP contribution is 2.23. The van der Waals surface area contributed by atoms with Gasteiger partial charge in [-0.3, -0.25) is 4.79 Å². The third kappa shape index (κ3) is 5.98. The summed E-state index contributed by atoms with van der Waals surface area (Å²) in [5, 5.41) is 13.0. The molecule has 1 amide bonds. The van der Waals surface area contributed by atoms with Crippen LogP contribution in [0.15, 0.2) is 53.4 Å². The number of aromatic nitrogens is 2. The van der Waals surface area contributed by atoms with E-state index >= 15 is 0 Å². The Morgan fingerprint density at radius 2 is 1.91 bits per heavy atom. The number of aliphatic hydroxyl groups is 1. The van der Waals surface area contributed by atoms with Crippen molar-refractivity contribution < 1.29 is 18.3 Å². The van der Waals surface area contributed by atoms with E-state index < -0.39 is 16.1 Å². The van der Waals surface area contributed by atoms with Gasteiger partial charge in [-0.2, -0.15) is 0 Å².